The number of rotatable bonds is 6. The summed E-state index contributed by atoms with van der Waals surface area (Å²) in [6.07, 6.45) is 0. The average molecular weight is 324 g/mol. The van der Waals surface area contributed by atoms with Gasteiger partial charge in [0.15, 0.2) is 0 Å². The summed E-state index contributed by atoms with van der Waals surface area (Å²) in [5.74, 6) is 0. The van der Waals surface area contributed by atoms with E-state index in [2.05, 4.69) is 34.3 Å². The highest BCUT2D eigenvalue weighted by molar-refractivity contribution is 5.88. The van der Waals surface area contributed by atoms with Gasteiger partial charge in [-0.25, -0.2) is 0 Å². The molecule has 0 bridgehead atoms. The van der Waals surface area contributed by atoms with E-state index in [1.807, 2.05) is 43.3 Å². The zero-order valence-electron chi connectivity index (χ0n) is 14.1. The van der Waals surface area contributed by atoms with Crippen molar-refractivity contribution in [2.45, 2.75) is 19.6 Å². The number of ether oxygens (including phenoxy) is 1. The molecule has 0 spiro atoms. The van der Waals surface area contributed by atoms with Crippen molar-refractivity contribution in [2.75, 3.05) is 26.3 Å². The standard InChI is InChI=1S/C20H24N2O2/c1-17(21-24-16-18-8-4-2-5-9-18)20(19-10-6-3-7-11-19)22-12-14-23-15-13-22/h2-11,20H,12-16H2,1H3/b21-17+. The molecule has 2 aromatic carbocycles. The fourth-order valence-electron chi connectivity index (χ4n) is 3.02. The van der Waals surface area contributed by atoms with E-state index in [0.717, 1.165) is 37.6 Å². The summed E-state index contributed by atoms with van der Waals surface area (Å²) < 4.78 is 5.49. The van der Waals surface area contributed by atoms with E-state index in [4.69, 9.17) is 9.57 Å². The highest BCUT2D eigenvalue weighted by Crippen LogP contribution is 2.23. The molecule has 0 N–H and O–H groups in total. The summed E-state index contributed by atoms with van der Waals surface area (Å²) in [5.41, 5.74) is 3.33. The normalized spacial score (nSPS) is 17.5. The SMILES string of the molecule is C/C(=N\OCc1ccccc1)C(c1ccccc1)N1CCOCC1. The monoisotopic (exact) mass is 324 g/mol. The first kappa shape index (κ1) is 16.7. The van der Waals surface area contributed by atoms with E-state index in [-0.39, 0.29) is 6.04 Å². The lowest BCUT2D eigenvalue weighted by Crippen LogP contribution is -2.41. The molecule has 0 aromatic heterocycles. The van der Waals surface area contributed by atoms with Gasteiger partial charge in [0.1, 0.15) is 6.61 Å². The van der Waals surface area contributed by atoms with Gasteiger partial charge < -0.3 is 9.57 Å². The first-order chi connectivity index (χ1) is 11.8. The van der Waals surface area contributed by atoms with Crippen molar-refractivity contribution in [1.82, 2.24) is 4.90 Å². The number of benzene rings is 2. The molecule has 1 saturated heterocycles. The Kier molecular flexibility index (Phi) is 5.99. The van der Waals surface area contributed by atoms with Gasteiger partial charge in [-0.15, -0.1) is 0 Å². The van der Waals surface area contributed by atoms with Crippen LogP contribution in [-0.2, 0) is 16.2 Å². The molecule has 0 aliphatic carbocycles. The van der Waals surface area contributed by atoms with Crippen molar-refractivity contribution in [3.8, 4) is 0 Å². The fourth-order valence-corrected chi connectivity index (χ4v) is 3.02. The largest absolute Gasteiger partial charge is 0.391 e. The van der Waals surface area contributed by atoms with Gasteiger partial charge in [0.05, 0.1) is 25.0 Å². The lowest BCUT2D eigenvalue weighted by Gasteiger charge is -2.34. The van der Waals surface area contributed by atoms with Crippen molar-refractivity contribution >= 4 is 5.71 Å². The van der Waals surface area contributed by atoms with Crippen LogP contribution in [0.1, 0.15) is 24.1 Å². The van der Waals surface area contributed by atoms with Gasteiger partial charge >= 0.3 is 0 Å². The van der Waals surface area contributed by atoms with E-state index in [9.17, 15) is 0 Å². The second-order valence-corrected chi connectivity index (χ2v) is 5.95. The summed E-state index contributed by atoms with van der Waals surface area (Å²) in [6.45, 7) is 5.88. The van der Waals surface area contributed by atoms with Gasteiger partial charge in [-0.1, -0.05) is 65.8 Å². The average Bonchev–Trinajstić information content (AvgIpc) is 2.65. The van der Waals surface area contributed by atoms with Crippen molar-refractivity contribution in [2.24, 2.45) is 5.16 Å². The zero-order valence-corrected chi connectivity index (χ0v) is 14.1. The molecule has 0 amide bonds. The van der Waals surface area contributed by atoms with Crippen molar-refractivity contribution in [3.05, 3.63) is 71.8 Å². The summed E-state index contributed by atoms with van der Waals surface area (Å²) in [6, 6.07) is 20.7. The van der Waals surface area contributed by atoms with Crippen LogP contribution in [0, 0.1) is 0 Å². The molecule has 24 heavy (non-hydrogen) atoms. The Hall–Kier alpha value is -2.17. The maximum absolute atomic E-state index is 5.60. The number of nitrogens with zero attached hydrogens (tertiary/aromatic N) is 2. The van der Waals surface area contributed by atoms with Crippen LogP contribution >= 0.6 is 0 Å². The van der Waals surface area contributed by atoms with Crippen LogP contribution in [0.2, 0.25) is 0 Å². The molecule has 1 atom stereocenters. The van der Waals surface area contributed by atoms with Crippen LogP contribution in [0.5, 0.6) is 0 Å². The molecule has 2 aromatic rings. The Morgan fingerprint density at radius 2 is 1.67 bits per heavy atom. The first-order valence-corrected chi connectivity index (χ1v) is 8.42. The molecule has 1 aliphatic heterocycles. The molecule has 4 nitrogen and oxygen atoms in total. The Labute approximate surface area is 143 Å². The highest BCUT2D eigenvalue weighted by atomic mass is 16.6. The second kappa shape index (κ2) is 8.62. The molecule has 3 rings (SSSR count). The second-order valence-electron chi connectivity index (χ2n) is 5.95. The van der Waals surface area contributed by atoms with E-state index in [0.29, 0.717) is 6.61 Å². The third kappa shape index (κ3) is 4.43. The van der Waals surface area contributed by atoms with Crippen LogP contribution in [-0.4, -0.2) is 36.9 Å². The maximum Gasteiger partial charge on any atom is 0.142 e. The third-order valence-electron chi connectivity index (χ3n) is 4.20. The quantitative estimate of drug-likeness (QED) is 0.601. The molecule has 1 fully saturated rings. The minimum atomic E-state index is 0.130. The Morgan fingerprint density at radius 1 is 1.04 bits per heavy atom. The smallest absolute Gasteiger partial charge is 0.142 e. The van der Waals surface area contributed by atoms with Crippen LogP contribution in [0.25, 0.3) is 0 Å². The number of hydrogen-bond donors (Lipinski definition) is 0. The number of oxime groups is 1. The lowest BCUT2D eigenvalue weighted by molar-refractivity contribution is 0.0273. The van der Waals surface area contributed by atoms with Gasteiger partial charge in [0.2, 0.25) is 0 Å². The zero-order chi connectivity index (χ0) is 16.6. The summed E-state index contributed by atoms with van der Waals surface area (Å²) in [5, 5.41) is 4.41. The van der Waals surface area contributed by atoms with E-state index in [1.165, 1.54) is 5.56 Å². The Bertz CT molecular complexity index is 637. The summed E-state index contributed by atoms with van der Waals surface area (Å²) in [4.78, 5) is 8.01. The van der Waals surface area contributed by atoms with Crippen molar-refractivity contribution in [1.29, 1.82) is 0 Å². The topological polar surface area (TPSA) is 34.1 Å². The lowest BCUT2D eigenvalue weighted by atomic mass is 10.0. The minimum Gasteiger partial charge on any atom is -0.391 e. The fraction of sp³-hybridized carbons (Fsp3) is 0.350. The molecule has 0 saturated carbocycles. The maximum atomic E-state index is 5.60. The third-order valence-corrected chi connectivity index (χ3v) is 4.20. The summed E-state index contributed by atoms with van der Waals surface area (Å²) in [7, 11) is 0. The van der Waals surface area contributed by atoms with E-state index >= 15 is 0 Å². The van der Waals surface area contributed by atoms with Crippen LogP contribution in [0.4, 0.5) is 0 Å². The van der Waals surface area contributed by atoms with Gasteiger partial charge in [0.25, 0.3) is 0 Å². The van der Waals surface area contributed by atoms with Gasteiger partial charge in [-0.3, -0.25) is 4.90 Å². The van der Waals surface area contributed by atoms with Crippen molar-refractivity contribution < 1.29 is 9.57 Å². The van der Waals surface area contributed by atoms with Gasteiger partial charge in [-0.2, -0.15) is 0 Å². The molecular weight excluding hydrogens is 300 g/mol. The highest BCUT2D eigenvalue weighted by Gasteiger charge is 2.25. The predicted octanol–water partition coefficient (Wildman–Crippen LogP) is 3.65. The van der Waals surface area contributed by atoms with Gasteiger partial charge in [0, 0.05) is 13.1 Å². The molecule has 126 valence electrons. The molecular formula is C20H24N2O2. The van der Waals surface area contributed by atoms with E-state index < -0.39 is 0 Å². The molecule has 1 aliphatic rings. The number of morpholine rings is 1. The summed E-state index contributed by atoms with van der Waals surface area (Å²) >= 11 is 0. The minimum absolute atomic E-state index is 0.130. The van der Waals surface area contributed by atoms with E-state index in [1.54, 1.807) is 0 Å². The first-order valence-electron chi connectivity index (χ1n) is 8.42. The Morgan fingerprint density at radius 3 is 2.33 bits per heavy atom. The number of hydrogen-bond acceptors (Lipinski definition) is 4. The molecule has 4 heteroatoms. The van der Waals surface area contributed by atoms with Crippen LogP contribution in [0.3, 0.4) is 0 Å². The van der Waals surface area contributed by atoms with Gasteiger partial charge in [-0.05, 0) is 18.1 Å². The molecule has 1 heterocycles. The Balaban J connectivity index is 1.72. The predicted molar refractivity (Wildman–Crippen MR) is 95.9 cm³/mol. The molecule has 0 radical (unpaired) electrons. The molecule has 1 unspecified atom stereocenters. The van der Waals surface area contributed by atoms with Crippen LogP contribution < -0.4 is 0 Å². The van der Waals surface area contributed by atoms with Crippen molar-refractivity contribution in [3.63, 3.8) is 0 Å². The van der Waals surface area contributed by atoms with Crippen LogP contribution in [0.15, 0.2) is 65.8 Å².